The van der Waals surface area contributed by atoms with Crippen LogP contribution in [0.1, 0.15) is 29.0 Å². The van der Waals surface area contributed by atoms with E-state index in [2.05, 4.69) is 20.4 Å². The Morgan fingerprint density at radius 3 is 2.96 bits per heavy atom. The Bertz CT molecular complexity index is 828. The van der Waals surface area contributed by atoms with E-state index >= 15 is 0 Å². The second-order valence-electron chi connectivity index (χ2n) is 5.65. The molecule has 0 unspecified atom stereocenters. The summed E-state index contributed by atoms with van der Waals surface area (Å²) in [5.74, 6) is 1.17. The molecule has 25 heavy (non-hydrogen) atoms. The van der Waals surface area contributed by atoms with Crippen LogP contribution in [-0.4, -0.2) is 31.6 Å². The highest BCUT2D eigenvalue weighted by atomic mass is 16.5. The van der Waals surface area contributed by atoms with Crippen LogP contribution in [-0.2, 0) is 13.2 Å². The van der Waals surface area contributed by atoms with Crippen molar-refractivity contribution in [3.8, 4) is 5.75 Å². The molecule has 1 atom stereocenters. The van der Waals surface area contributed by atoms with Gasteiger partial charge in [-0.3, -0.25) is 4.79 Å². The number of imidazole rings is 1. The van der Waals surface area contributed by atoms with Gasteiger partial charge in [-0.2, -0.15) is 4.98 Å². The van der Waals surface area contributed by atoms with Gasteiger partial charge in [0, 0.05) is 31.9 Å². The van der Waals surface area contributed by atoms with E-state index in [1.165, 1.54) is 0 Å². The Morgan fingerprint density at radius 1 is 1.40 bits per heavy atom. The molecular formula is C17H19N5O3. The van der Waals surface area contributed by atoms with Gasteiger partial charge in [0.05, 0.1) is 11.9 Å². The van der Waals surface area contributed by atoms with Gasteiger partial charge in [-0.05, 0) is 19.1 Å². The van der Waals surface area contributed by atoms with Crippen molar-refractivity contribution in [1.82, 2.24) is 25.0 Å². The predicted molar refractivity (Wildman–Crippen MR) is 89.0 cm³/mol. The molecule has 8 nitrogen and oxygen atoms in total. The standard InChI is InChI=1S/C17H19N5O3/c1-12(9-22-8-7-18-11-22)19-17(23)14-5-3-4-6-15(14)24-10-16-20-13(2)25-21-16/h3-8,11-12H,9-10H2,1-2H3,(H,19,23)/t12-/m0/s1. The Labute approximate surface area is 144 Å². The van der Waals surface area contributed by atoms with Crippen LogP contribution in [0.2, 0.25) is 0 Å². The van der Waals surface area contributed by atoms with Gasteiger partial charge in [0.15, 0.2) is 6.61 Å². The molecule has 0 aliphatic rings. The SMILES string of the molecule is Cc1nc(COc2ccccc2C(=O)N[C@@H](C)Cn2ccnc2)no1. The first kappa shape index (κ1) is 16.7. The van der Waals surface area contributed by atoms with Crippen molar-refractivity contribution in [2.45, 2.75) is 33.0 Å². The number of benzene rings is 1. The molecule has 2 aromatic heterocycles. The van der Waals surface area contributed by atoms with Gasteiger partial charge in [0.2, 0.25) is 11.7 Å². The molecule has 2 heterocycles. The molecule has 0 spiro atoms. The molecule has 3 aromatic rings. The lowest BCUT2D eigenvalue weighted by Gasteiger charge is -2.16. The molecule has 1 aromatic carbocycles. The van der Waals surface area contributed by atoms with Gasteiger partial charge >= 0.3 is 0 Å². The molecule has 8 heteroatoms. The van der Waals surface area contributed by atoms with Crippen molar-refractivity contribution in [1.29, 1.82) is 0 Å². The van der Waals surface area contributed by atoms with E-state index in [1.807, 2.05) is 23.8 Å². The monoisotopic (exact) mass is 341 g/mol. The van der Waals surface area contributed by atoms with Gasteiger partial charge < -0.3 is 19.1 Å². The van der Waals surface area contributed by atoms with Crippen molar-refractivity contribution < 1.29 is 14.1 Å². The lowest BCUT2D eigenvalue weighted by molar-refractivity contribution is 0.0932. The van der Waals surface area contributed by atoms with Crippen molar-refractivity contribution >= 4 is 5.91 Å². The number of carbonyl (C=O) groups is 1. The van der Waals surface area contributed by atoms with E-state index in [0.29, 0.717) is 29.6 Å². The first-order valence-corrected chi connectivity index (χ1v) is 7.89. The molecule has 3 rings (SSSR count). The number of rotatable bonds is 7. The Morgan fingerprint density at radius 2 is 2.24 bits per heavy atom. The first-order chi connectivity index (χ1) is 12.1. The van der Waals surface area contributed by atoms with E-state index < -0.39 is 0 Å². The fourth-order valence-electron chi connectivity index (χ4n) is 2.38. The Kier molecular flexibility index (Phi) is 5.08. The van der Waals surface area contributed by atoms with Gasteiger partial charge in [-0.25, -0.2) is 4.98 Å². The smallest absolute Gasteiger partial charge is 0.255 e. The average Bonchev–Trinajstić information content (AvgIpc) is 3.24. The van der Waals surface area contributed by atoms with Crippen LogP contribution in [0.3, 0.4) is 0 Å². The molecule has 0 aliphatic carbocycles. The third-order valence-electron chi connectivity index (χ3n) is 3.48. The zero-order valence-corrected chi connectivity index (χ0v) is 14.0. The van der Waals surface area contributed by atoms with Crippen LogP contribution in [0.4, 0.5) is 0 Å². The van der Waals surface area contributed by atoms with E-state index in [4.69, 9.17) is 9.26 Å². The second kappa shape index (κ2) is 7.61. The lowest BCUT2D eigenvalue weighted by atomic mass is 10.1. The fourth-order valence-corrected chi connectivity index (χ4v) is 2.38. The molecule has 0 saturated heterocycles. The molecule has 0 fully saturated rings. The van der Waals surface area contributed by atoms with Crippen LogP contribution in [0.15, 0.2) is 47.5 Å². The van der Waals surface area contributed by atoms with Crippen molar-refractivity contribution in [3.05, 3.63) is 60.3 Å². The molecule has 0 aliphatic heterocycles. The molecule has 130 valence electrons. The number of hydrogen-bond donors (Lipinski definition) is 1. The minimum atomic E-state index is -0.201. The Balaban J connectivity index is 1.63. The van der Waals surface area contributed by atoms with Gasteiger partial charge in [0.25, 0.3) is 5.91 Å². The summed E-state index contributed by atoms with van der Waals surface area (Å²) in [5, 5.41) is 6.73. The van der Waals surface area contributed by atoms with Crippen molar-refractivity contribution in [3.63, 3.8) is 0 Å². The lowest BCUT2D eigenvalue weighted by Crippen LogP contribution is -2.35. The highest BCUT2D eigenvalue weighted by molar-refractivity contribution is 5.97. The number of nitrogens with zero attached hydrogens (tertiary/aromatic N) is 4. The summed E-state index contributed by atoms with van der Waals surface area (Å²) >= 11 is 0. The summed E-state index contributed by atoms with van der Waals surface area (Å²) in [6, 6.07) is 7.00. The van der Waals surface area contributed by atoms with Gasteiger partial charge in [0.1, 0.15) is 5.75 Å². The number of amides is 1. The van der Waals surface area contributed by atoms with E-state index in [1.54, 1.807) is 37.6 Å². The summed E-state index contributed by atoms with van der Waals surface area (Å²) in [7, 11) is 0. The normalized spacial score (nSPS) is 11.9. The maximum atomic E-state index is 12.6. The molecule has 1 N–H and O–H groups in total. The van der Waals surface area contributed by atoms with Gasteiger partial charge in [-0.15, -0.1) is 0 Å². The molecular weight excluding hydrogens is 322 g/mol. The molecule has 0 radical (unpaired) electrons. The average molecular weight is 341 g/mol. The Hall–Kier alpha value is -3.16. The third-order valence-corrected chi connectivity index (χ3v) is 3.48. The quantitative estimate of drug-likeness (QED) is 0.706. The van der Waals surface area contributed by atoms with E-state index in [0.717, 1.165) is 0 Å². The van der Waals surface area contributed by atoms with E-state index in [9.17, 15) is 4.79 Å². The number of para-hydroxylation sites is 1. The number of carbonyl (C=O) groups excluding carboxylic acids is 1. The molecule has 1 amide bonds. The fraction of sp³-hybridized carbons (Fsp3) is 0.294. The zero-order chi connectivity index (χ0) is 17.6. The van der Waals surface area contributed by atoms with Crippen LogP contribution in [0.5, 0.6) is 5.75 Å². The third kappa shape index (κ3) is 4.43. The largest absolute Gasteiger partial charge is 0.485 e. The second-order valence-corrected chi connectivity index (χ2v) is 5.65. The number of hydrogen-bond acceptors (Lipinski definition) is 6. The summed E-state index contributed by atoms with van der Waals surface area (Å²) in [6.45, 7) is 4.41. The summed E-state index contributed by atoms with van der Waals surface area (Å²) < 4.78 is 12.5. The molecule has 0 saturated carbocycles. The van der Waals surface area contributed by atoms with Crippen LogP contribution in [0, 0.1) is 6.92 Å². The maximum Gasteiger partial charge on any atom is 0.255 e. The highest BCUT2D eigenvalue weighted by Crippen LogP contribution is 2.19. The van der Waals surface area contributed by atoms with Crippen LogP contribution in [0.25, 0.3) is 0 Å². The predicted octanol–water partition coefficient (Wildman–Crippen LogP) is 1.97. The maximum absolute atomic E-state index is 12.6. The summed E-state index contributed by atoms with van der Waals surface area (Å²) in [6.07, 6.45) is 5.27. The highest BCUT2D eigenvalue weighted by Gasteiger charge is 2.15. The zero-order valence-electron chi connectivity index (χ0n) is 14.0. The minimum Gasteiger partial charge on any atom is -0.485 e. The van der Waals surface area contributed by atoms with E-state index in [-0.39, 0.29) is 18.6 Å². The van der Waals surface area contributed by atoms with Crippen LogP contribution < -0.4 is 10.1 Å². The minimum absolute atomic E-state index is 0.0605. The number of nitrogens with one attached hydrogen (secondary N) is 1. The number of aromatic nitrogens is 4. The van der Waals surface area contributed by atoms with Crippen molar-refractivity contribution in [2.24, 2.45) is 0 Å². The number of ether oxygens (including phenoxy) is 1. The number of aryl methyl sites for hydroxylation is 1. The van der Waals surface area contributed by atoms with Gasteiger partial charge in [-0.1, -0.05) is 17.3 Å². The summed E-state index contributed by atoms with van der Waals surface area (Å²) in [4.78, 5) is 20.6. The first-order valence-electron chi connectivity index (χ1n) is 7.89. The van der Waals surface area contributed by atoms with Crippen molar-refractivity contribution in [2.75, 3.05) is 0 Å². The van der Waals surface area contributed by atoms with Crippen LogP contribution >= 0.6 is 0 Å². The summed E-state index contributed by atoms with van der Waals surface area (Å²) in [5.41, 5.74) is 0.459. The topological polar surface area (TPSA) is 95.1 Å². The molecule has 0 bridgehead atoms.